The number of fused-ring (bicyclic) bond motifs is 1. The first-order chi connectivity index (χ1) is 12.1. The van der Waals surface area contributed by atoms with Gasteiger partial charge in [-0.1, -0.05) is 34.5 Å². The first-order valence-electron chi connectivity index (χ1n) is 7.58. The molecule has 3 aromatic rings. The molecular weight excluding hydrogens is 363 g/mol. The van der Waals surface area contributed by atoms with Crippen LogP contribution in [0.1, 0.15) is 21.7 Å². The van der Waals surface area contributed by atoms with Gasteiger partial charge in [-0.25, -0.2) is 4.98 Å². The number of rotatable bonds is 2. The molecule has 3 heterocycles. The van der Waals surface area contributed by atoms with Crippen molar-refractivity contribution < 1.29 is 4.79 Å². The van der Waals surface area contributed by atoms with Crippen LogP contribution in [0, 0.1) is 0 Å². The van der Waals surface area contributed by atoms with E-state index in [0.717, 1.165) is 11.4 Å². The third-order valence-electron chi connectivity index (χ3n) is 4.04. The summed E-state index contributed by atoms with van der Waals surface area (Å²) >= 11 is 12.2. The molecule has 0 radical (unpaired) electrons. The van der Waals surface area contributed by atoms with Gasteiger partial charge in [0.15, 0.2) is 5.82 Å². The maximum Gasteiger partial charge on any atom is 0.255 e. The van der Waals surface area contributed by atoms with Gasteiger partial charge in [-0.3, -0.25) is 9.78 Å². The lowest BCUT2D eigenvalue weighted by Crippen LogP contribution is -2.36. The van der Waals surface area contributed by atoms with Crippen LogP contribution in [-0.2, 0) is 13.0 Å². The summed E-state index contributed by atoms with van der Waals surface area (Å²) in [5.41, 5.74) is 2.06. The zero-order valence-corrected chi connectivity index (χ0v) is 14.4. The van der Waals surface area contributed by atoms with Gasteiger partial charge in [-0.15, -0.1) is 5.10 Å². The topological polar surface area (TPSA) is 76.8 Å². The molecule has 4 rings (SSSR count). The minimum absolute atomic E-state index is 0.174. The van der Waals surface area contributed by atoms with Gasteiger partial charge in [0.1, 0.15) is 5.69 Å². The van der Waals surface area contributed by atoms with Gasteiger partial charge in [-0.2, -0.15) is 4.68 Å². The molecular formula is C16H12Cl2N6O. The number of carbonyl (C=O) groups is 1. The Balaban J connectivity index is 1.61. The Bertz CT molecular complexity index is 943. The zero-order chi connectivity index (χ0) is 17.4. The molecule has 0 fully saturated rings. The highest BCUT2D eigenvalue weighted by molar-refractivity contribution is 6.43. The Morgan fingerprint density at radius 1 is 1.20 bits per heavy atom. The van der Waals surface area contributed by atoms with E-state index < -0.39 is 0 Å². The number of amides is 1. The van der Waals surface area contributed by atoms with Crippen molar-refractivity contribution in [2.24, 2.45) is 0 Å². The molecule has 9 heteroatoms. The molecule has 1 amide bonds. The molecule has 0 atom stereocenters. The minimum atomic E-state index is -0.174. The van der Waals surface area contributed by atoms with E-state index >= 15 is 0 Å². The predicted molar refractivity (Wildman–Crippen MR) is 91.9 cm³/mol. The van der Waals surface area contributed by atoms with E-state index in [1.165, 1.54) is 0 Å². The number of benzene rings is 1. The third kappa shape index (κ3) is 2.85. The van der Waals surface area contributed by atoms with Gasteiger partial charge in [-0.05, 0) is 12.1 Å². The summed E-state index contributed by atoms with van der Waals surface area (Å²) in [4.78, 5) is 22.7. The Morgan fingerprint density at radius 2 is 2.08 bits per heavy atom. The van der Waals surface area contributed by atoms with Crippen LogP contribution in [-0.4, -0.2) is 42.3 Å². The van der Waals surface area contributed by atoms with Crippen LogP contribution < -0.4 is 0 Å². The number of nitrogens with zero attached hydrogens (tertiary/aromatic N) is 6. The van der Waals surface area contributed by atoms with Gasteiger partial charge >= 0.3 is 0 Å². The van der Waals surface area contributed by atoms with Crippen molar-refractivity contribution in [2.75, 3.05) is 6.54 Å². The molecule has 0 unspecified atom stereocenters. The van der Waals surface area contributed by atoms with Crippen molar-refractivity contribution in [1.29, 1.82) is 0 Å². The lowest BCUT2D eigenvalue weighted by Gasteiger charge is -2.26. The summed E-state index contributed by atoms with van der Waals surface area (Å²) in [6, 6.07) is 5.03. The second kappa shape index (κ2) is 6.42. The lowest BCUT2D eigenvalue weighted by atomic mass is 10.1. The van der Waals surface area contributed by atoms with E-state index in [0.29, 0.717) is 35.9 Å². The maximum atomic E-state index is 12.8. The Kier molecular flexibility index (Phi) is 4.10. The molecule has 0 aliphatic carbocycles. The van der Waals surface area contributed by atoms with E-state index in [-0.39, 0.29) is 10.9 Å². The molecule has 1 aliphatic rings. The molecule has 2 aromatic heterocycles. The average Bonchev–Trinajstić information content (AvgIpc) is 3.07. The standard InChI is InChI=1S/C16H12Cl2N6O/c17-11-3-1-2-10(15(11)18)16(25)23-7-4-13-12(9-23)21-22-24(13)14-8-19-5-6-20-14/h1-3,5-6,8H,4,7,9H2. The minimum Gasteiger partial charge on any atom is -0.332 e. The normalized spacial score (nSPS) is 13.6. The first kappa shape index (κ1) is 16.0. The Hall–Kier alpha value is -2.51. The molecule has 126 valence electrons. The smallest absolute Gasteiger partial charge is 0.255 e. The van der Waals surface area contributed by atoms with Gasteiger partial charge in [0.2, 0.25) is 0 Å². The summed E-state index contributed by atoms with van der Waals surface area (Å²) < 4.78 is 1.66. The summed E-state index contributed by atoms with van der Waals surface area (Å²) in [6.45, 7) is 0.888. The largest absolute Gasteiger partial charge is 0.332 e. The van der Waals surface area contributed by atoms with Crippen LogP contribution >= 0.6 is 23.2 Å². The van der Waals surface area contributed by atoms with Crippen molar-refractivity contribution in [3.63, 3.8) is 0 Å². The fourth-order valence-electron chi connectivity index (χ4n) is 2.80. The highest BCUT2D eigenvalue weighted by atomic mass is 35.5. The predicted octanol–water partition coefficient (Wildman–Crippen LogP) is 2.56. The van der Waals surface area contributed by atoms with Gasteiger partial charge < -0.3 is 4.90 Å². The third-order valence-corrected chi connectivity index (χ3v) is 4.86. The van der Waals surface area contributed by atoms with Gasteiger partial charge in [0, 0.05) is 25.4 Å². The zero-order valence-electron chi connectivity index (χ0n) is 12.9. The Labute approximate surface area is 153 Å². The fraction of sp³-hybridized carbons (Fsp3) is 0.188. The number of hydrogen-bond acceptors (Lipinski definition) is 5. The second-order valence-corrected chi connectivity index (χ2v) is 6.32. The maximum absolute atomic E-state index is 12.8. The van der Waals surface area contributed by atoms with E-state index in [9.17, 15) is 4.79 Å². The number of carbonyl (C=O) groups excluding carboxylic acids is 1. The molecule has 1 aliphatic heterocycles. The molecule has 0 saturated heterocycles. The molecule has 7 nitrogen and oxygen atoms in total. The molecule has 0 bridgehead atoms. The van der Waals surface area contributed by atoms with Crippen LogP contribution in [0.5, 0.6) is 0 Å². The number of hydrogen-bond donors (Lipinski definition) is 0. The van der Waals surface area contributed by atoms with Crippen molar-refractivity contribution in [3.8, 4) is 5.82 Å². The molecule has 0 N–H and O–H groups in total. The van der Waals surface area contributed by atoms with E-state index in [4.69, 9.17) is 23.2 Å². The van der Waals surface area contributed by atoms with E-state index in [1.54, 1.807) is 46.4 Å². The second-order valence-electron chi connectivity index (χ2n) is 5.54. The van der Waals surface area contributed by atoms with Crippen LogP contribution in [0.25, 0.3) is 5.82 Å². The monoisotopic (exact) mass is 374 g/mol. The van der Waals surface area contributed by atoms with Gasteiger partial charge in [0.25, 0.3) is 5.91 Å². The molecule has 0 spiro atoms. The summed E-state index contributed by atoms with van der Waals surface area (Å²) in [6.07, 6.45) is 5.44. The molecule has 1 aromatic carbocycles. The van der Waals surface area contributed by atoms with Crippen LogP contribution in [0.15, 0.2) is 36.8 Å². The number of aromatic nitrogens is 5. The highest BCUT2D eigenvalue weighted by Gasteiger charge is 2.28. The quantitative estimate of drug-likeness (QED) is 0.688. The van der Waals surface area contributed by atoms with Crippen molar-refractivity contribution >= 4 is 29.1 Å². The van der Waals surface area contributed by atoms with E-state index in [1.807, 2.05) is 0 Å². The SMILES string of the molecule is O=C(c1cccc(Cl)c1Cl)N1CCc2c(nnn2-c2cnccn2)C1. The van der Waals surface area contributed by atoms with Crippen molar-refractivity contribution in [2.45, 2.75) is 13.0 Å². The molecule has 0 saturated carbocycles. The summed E-state index contributed by atoms with van der Waals surface area (Å²) in [5, 5.41) is 8.96. The van der Waals surface area contributed by atoms with Crippen LogP contribution in [0.2, 0.25) is 10.0 Å². The Morgan fingerprint density at radius 3 is 2.88 bits per heavy atom. The average molecular weight is 375 g/mol. The van der Waals surface area contributed by atoms with Crippen LogP contribution in [0.3, 0.4) is 0 Å². The summed E-state index contributed by atoms with van der Waals surface area (Å²) in [5.74, 6) is 0.432. The van der Waals surface area contributed by atoms with Crippen molar-refractivity contribution in [3.05, 3.63) is 63.8 Å². The van der Waals surface area contributed by atoms with Gasteiger partial charge in [0.05, 0.1) is 34.0 Å². The molecule has 25 heavy (non-hydrogen) atoms. The number of halogens is 2. The van der Waals surface area contributed by atoms with E-state index in [2.05, 4.69) is 20.3 Å². The lowest BCUT2D eigenvalue weighted by molar-refractivity contribution is 0.0731. The van der Waals surface area contributed by atoms with Crippen LogP contribution in [0.4, 0.5) is 0 Å². The fourth-order valence-corrected chi connectivity index (χ4v) is 3.19. The summed E-state index contributed by atoms with van der Waals surface area (Å²) in [7, 11) is 0. The van der Waals surface area contributed by atoms with Crippen molar-refractivity contribution in [1.82, 2.24) is 29.9 Å². The first-order valence-corrected chi connectivity index (χ1v) is 8.34. The highest BCUT2D eigenvalue weighted by Crippen LogP contribution is 2.28.